The van der Waals surface area contributed by atoms with Gasteiger partial charge in [-0.15, -0.1) is 0 Å². The Morgan fingerprint density at radius 3 is 2.20 bits per heavy atom. The van der Waals surface area contributed by atoms with E-state index >= 15 is 0 Å². The number of carbonyl (C=O) groups is 5. The van der Waals surface area contributed by atoms with Crippen molar-refractivity contribution in [2.75, 3.05) is 19.8 Å². The number of carbonyl (C=O) groups excluding carboxylic acids is 5. The predicted molar refractivity (Wildman–Crippen MR) is 197 cm³/mol. The fourth-order valence-corrected chi connectivity index (χ4v) is 9.45. The Morgan fingerprint density at radius 1 is 0.980 bits per heavy atom. The Morgan fingerprint density at radius 2 is 1.61 bits per heavy atom. The van der Waals surface area contributed by atoms with Crippen molar-refractivity contribution in [2.45, 2.75) is 139 Å². The lowest BCUT2D eigenvalue weighted by molar-refractivity contribution is -0.171. The van der Waals surface area contributed by atoms with Crippen LogP contribution in [0.3, 0.4) is 0 Å². The highest BCUT2D eigenvalue weighted by molar-refractivity contribution is 6.01. The third-order valence-electron chi connectivity index (χ3n) is 11.4. The molecule has 0 spiro atoms. The number of hydrogen-bond donors (Lipinski definition) is 3. The monoisotopic (exact) mass is 718 g/mol. The molecule has 0 heterocycles. The van der Waals surface area contributed by atoms with E-state index in [2.05, 4.69) is 27.7 Å². The number of esters is 2. The van der Waals surface area contributed by atoms with Gasteiger partial charge in [-0.05, 0) is 93.8 Å². The first kappa shape index (κ1) is 46.1. The Hall–Kier alpha value is -2.95. The molecule has 7 unspecified atom stereocenters. The average molecular weight is 719 g/mol. The Balaban J connectivity index is 0.000000946. The first-order chi connectivity index (χ1) is 23.5. The van der Waals surface area contributed by atoms with Gasteiger partial charge in [0.25, 0.3) is 0 Å². The summed E-state index contributed by atoms with van der Waals surface area (Å²) >= 11 is 0. The molecule has 3 saturated carbocycles. The summed E-state index contributed by atoms with van der Waals surface area (Å²) in [6.45, 7) is 14.9. The molecular formula is C41H66O10. The lowest BCUT2D eigenvalue weighted by Gasteiger charge is -2.64. The van der Waals surface area contributed by atoms with Gasteiger partial charge in [0.2, 0.25) is 0 Å². The molecule has 0 aromatic heterocycles. The van der Waals surface area contributed by atoms with Crippen molar-refractivity contribution in [3.63, 3.8) is 0 Å². The van der Waals surface area contributed by atoms with Crippen LogP contribution in [0.4, 0.5) is 0 Å². The van der Waals surface area contributed by atoms with Gasteiger partial charge >= 0.3 is 11.9 Å². The molecular weight excluding hydrogens is 652 g/mol. The van der Waals surface area contributed by atoms with Crippen LogP contribution in [0.2, 0.25) is 0 Å². The van der Waals surface area contributed by atoms with E-state index in [1.807, 2.05) is 26.8 Å². The maximum atomic E-state index is 13.3. The number of aliphatic hydroxyl groups is 3. The van der Waals surface area contributed by atoms with Crippen molar-refractivity contribution in [1.82, 2.24) is 0 Å². The number of hydrogen-bond acceptors (Lipinski definition) is 10. The highest BCUT2D eigenvalue weighted by atomic mass is 16.6. The molecule has 0 aromatic carbocycles. The summed E-state index contributed by atoms with van der Waals surface area (Å²) in [4.78, 5) is 59.8. The molecule has 0 amide bonds. The molecule has 0 bridgehead atoms. The van der Waals surface area contributed by atoms with E-state index in [0.717, 1.165) is 37.7 Å². The van der Waals surface area contributed by atoms with Crippen LogP contribution in [0.25, 0.3) is 0 Å². The summed E-state index contributed by atoms with van der Waals surface area (Å²) in [5.41, 5.74) is 1.27. The summed E-state index contributed by atoms with van der Waals surface area (Å²) < 4.78 is 10.1. The largest absolute Gasteiger partial charge is 0.458 e. The predicted octanol–water partition coefficient (Wildman–Crippen LogP) is 6.43. The fraction of sp³-hybridized carbons (Fsp3) is 0.732. The summed E-state index contributed by atoms with van der Waals surface area (Å²) in [6, 6.07) is 0. The molecule has 0 aromatic rings. The van der Waals surface area contributed by atoms with Gasteiger partial charge in [-0.25, -0.2) is 0 Å². The molecule has 4 rings (SSSR count). The van der Waals surface area contributed by atoms with Crippen molar-refractivity contribution < 1.29 is 48.8 Å². The van der Waals surface area contributed by atoms with Gasteiger partial charge in [0, 0.05) is 30.1 Å². The van der Waals surface area contributed by atoms with Gasteiger partial charge in [-0.1, -0.05) is 72.6 Å². The van der Waals surface area contributed by atoms with Crippen molar-refractivity contribution >= 4 is 29.3 Å². The van der Waals surface area contributed by atoms with Crippen molar-refractivity contribution in [3.8, 4) is 0 Å². The van der Waals surface area contributed by atoms with E-state index in [0.29, 0.717) is 12.8 Å². The van der Waals surface area contributed by atoms with Crippen LogP contribution >= 0.6 is 0 Å². The van der Waals surface area contributed by atoms with E-state index in [9.17, 15) is 29.1 Å². The standard InChI is InChI=1S/C30H42O9.C8H14O.C2H6.CH4/c1-28-12-10-19(33)13-18(28)9-11-29(2)24-8-7-21(30(24,3)14-22(34)27(28)29)23(35)17-38-25(36)5-4-6-26(37)39-20(15-31)16-32;1-4-5-7(2)6-8(3)9;1-2;/h10,12-13,20-22,24,27,31-32,34H,4-9,11,14-17H2,1-3H3;6H,4-5H2,1-3H3;1-2H3;1H4/b;7-6+;;. The van der Waals surface area contributed by atoms with Crippen LogP contribution in [-0.2, 0) is 33.4 Å². The number of allylic oxidation sites excluding steroid dienone is 6. The van der Waals surface area contributed by atoms with Crippen LogP contribution in [0.15, 0.2) is 35.5 Å². The van der Waals surface area contributed by atoms with Crippen LogP contribution in [0.5, 0.6) is 0 Å². The Kier molecular flexibility index (Phi) is 18.4. The summed E-state index contributed by atoms with van der Waals surface area (Å²) in [5.74, 6) is -1.34. The summed E-state index contributed by atoms with van der Waals surface area (Å²) in [6.07, 6.45) is 11.3. The molecule has 3 N–H and O–H groups in total. The second kappa shape index (κ2) is 20.3. The van der Waals surface area contributed by atoms with E-state index < -0.39 is 42.8 Å². The van der Waals surface area contributed by atoms with E-state index in [-0.39, 0.29) is 79.2 Å². The average Bonchev–Trinajstić information content (AvgIpc) is 3.41. The smallest absolute Gasteiger partial charge is 0.306 e. The van der Waals surface area contributed by atoms with Crippen LogP contribution in [-0.4, -0.2) is 76.6 Å². The zero-order valence-corrected chi connectivity index (χ0v) is 31.6. The first-order valence-corrected chi connectivity index (χ1v) is 18.4. The normalized spacial score (nSPS) is 30.5. The number of aliphatic hydroxyl groups excluding tert-OH is 3. The fourth-order valence-electron chi connectivity index (χ4n) is 9.45. The molecule has 10 heteroatoms. The second-order valence-electron chi connectivity index (χ2n) is 14.9. The molecule has 4 aliphatic carbocycles. The topological polar surface area (TPSA) is 164 Å². The number of fused-ring (bicyclic) bond motifs is 5. The quantitative estimate of drug-likeness (QED) is 0.143. The van der Waals surface area contributed by atoms with E-state index in [1.54, 1.807) is 25.2 Å². The lowest BCUT2D eigenvalue weighted by atomic mass is 9.41. The van der Waals surface area contributed by atoms with Gasteiger partial charge in [0.05, 0.1) is 19.3 Å². The second-order valence-corrected chi connectivity index (χ2v) is 14.9. The minimum absolute atomic E-state index is 0. The maximum Gasteiger partial charge on any atom is 0.306 e. The number of Topliss-reactive ketones (excluding diaryl/α,β-unsaturated/α-hetero) is 1. The van der Waals surface area contributed by atoms with E-state index in [4.69, 9.17) is 19.7 Å². The summed E-state index contributed by atoms with van der Waals surface area (Å²) in [7, 11) is 0. The third-order valence-corrected chi connectivity index (χ3v) is 11.4. The van der Waals surface area contributed by atoms with Crippen molar-refractivity contribution in [1.29, 1.82) is 0 Å². The molecule has 290 valence electrons. The third kappa shape index (κ3) is 11.0. The zero-order chi connectivity index (χ0) is 37.9. The van der Waals surface area contributed by atoms with Gasteiger partial charge < -0.3 is 24.8 Å². The number of ketones is 3. The van der Waals surface area contributed by atoms with Crippen molar-refractivity contribution in [3.05, 3.63) is 35.5 Å². The van der Waals surface area contributed by atoms with Gasteiger partial charge in [-0.3, -0.25) is 24.0 Å². The summed E-state index contributed by atoms with van der Waals surface area (Å²) in [5, 5.41) is 29.5. The van der Waals surface area contributed by atoms with Gasteiger partial charge in [0.1, 0.15) is 12.7 Å². The Labute approximate surface area is 306 Å². The minimum Gasteiger partial charge on any atom is -0.458 e. The molecule has 7 atom stereocenters. The van der Waals surface area contributed by atoms with Gasteiger partial charge in [-0.2, -0.15) is 0 Å². The van der Waals surface area contributed by atoms with Crippen LogP contribution in [0.1, 0.15) is 127 Å². The highest BCUT2D eigenvalue weighted by Gasteiger charge is 2.67. The first-order valence-electron chi connectivity index (χ1n) is 18.4. The lowest BCUT2D eigenvalue weighted by Crippen LogP contribution is -2.61. The Bertz CT molecular complexity index is 1310. The maximum absolute atomic E-state index is 13.3. The van der Waals surface area contributed by atoms with Crippen LogP contribution < -0.4 is 0 Å². The minimum atomic E-state index is -0.979. The molecule has 0 radical (unpaired) electrons. The van der Waals surface area contributed by atoms with Crippen LogP contribution in [0, 0.1) is 34.0 Å². The number of rotatable bonds is 13. The van der Waals surface area contributed by atoms with Gasteiger partial charge in [0.15, 0.2) is 17.3 Å². The molecule has 0 aliphatic heterocycles. The highest BCUT2D eigenvalue weighted by Crippen LogP contribution is 2.71. The number of ether oxygens (including phenoxy) is 2. The molecule has 4 aliphatic rings. The molecule has 0 saturated heterocycles. The molecule has 10 nitrogen and oxygen atoms in total. The van der Waals surface area contributed by atoms with E-state index in [1.165, 1.54) is 5.57 Å². The molecule has 51 heavy (non-hydrogen) atoms. The SMILES string of the molecule is C.CC.CC12C=CC(=O)C=C1CCC1(C)C2C(O)CC2(C)C(C(=O)COC(=O)CCCC(=O)OC(CO)CO)CCC21.CCC/C(C)=C/C(C)=O. The van der Waals surface area contributed by atoms with Crippen molar-refractivity contribution in [2.24, 2.45) is 34.0 Å². The molecule has 3 fully saturated rings. The zero-order valence-electron chi connectivity index (χ0n) is 31.6.